The summed E-state index contributed by atoms with van der Waals surface area (Å²) in [5, 5.41) is 2.93. The molecule has 0 spiro atoms. The molecule has 1 aliphatic rings. The molecule has 2 heterocycles. The first-order valence-corrected chi connectivity index (χ1v) is 12.2. The number of hydrogen-bond acceptors (Lipinski definition) is 8. The van der Waals surface area contributed by atoms with Crippen LogP contribution in [0.5, 0.6) is 5.75 Å². The van der Waals surface area contributed by atoms with Crippen molar-refractivity contribution in [2.75, 3.05) is 51.4 Å². The van der Waals surface area contributed by atoms with Gasteiger partial charge in [-0.2, -0.15) is 0 Å². The fraction of sp³-hybridized carbons (Fsp3) is 0.500. The predicted molar refractivity (Wildman–Crippen MR) is 134 cm³/mol. The highest BCUT2D eigenvalue weighted by Crippen LogP contribution is 2.23. The van der Waals surface area contributed by atoms with Crippen LogP contribution in [0.4, 0.5) is 11.6 Å². The maximum Gasteiger partial charge on any atom is 0.361 e. The number of aryl methyl sites for hydroxylation is 1. The lowest BCUT2D eigenvalue weighted by Gasteiger charge is -2.44. The van der Waals surface area contributed by atoms with Gasteiger partial charge < -0.3 is 43.1 Å². The van der Waals surface area contributed by atoms with Crippen LogP contribution in [-0.2, 0) is 16.0 Å². The summed E-state index contributed by atoms with van der Waals surface area (Å²) in [7, 11) is 1.65. The van der Waals surface area contributed by atoms with Crippen LogP contribution in [0, 0.1) is 0 Å². The lowest BCUT2D eigenvalue weighted by atomic mass is 10.00. The Balaban J connectivity index is 0.00000456. The summed E-state index contributed by atoms with van der Waals surface area (Å²) in [6, 6.07) is 7.84. The number of carbonyl (C=O) groups excluding carboxylic acids is 2. The molecule has 1 aromatic carbocycles. The van der Waals surface area contributed by atoms with E-state index < -0.39 is 5.91 Å². The van der Waals surface area contributed by atoms with E-state index in [0.29, 0.717) is 17.6 Å². The number of benzene rings is 1. The molecule has 12 heteroatoms. The van der Waals surface area contributed by atoms with Crippen LogP contribution >= 0.6 is 11.6 Å². The number of ether oxygens (including phenoxy) is 2. The van der Waals surface area contributed by atoms with Gasteiger partial charge in [0.25, 0.3) is 5.91 Å². The zero-order valence-corrected chi connectivity index (χ0v) is 22.1. The van der Waals surface area contributed by atoms with Crippen molar-refractivity contribution in [3.8, 4) is 5.75 Å². The third kappa shape index (κ3) is 7.84. The highest BCUT2D eigenvalue weighted by Gasteiger charge is 2.38. The molecule has 1 aliphatic heterocycles. The lowest BCUT2D eigenvalue weighted by molar-refractivity contribution is -0.926. The molecule has 5 N–H and O–H groups in total. The van der Waals surface area contributed by atoms with Gasteiger partial charge in [-0.1, -0.05) is 23.7 Å². The Morgan fingerprint density at radius 3 is 2.58 bits per heavy atom. The van der Waals surface area contributed by atoms with Crippen molar-refractivity contribution < 1.29 is 36.0 Å². The number of methoxy groups -OCH3 is 1. The van der Waals surface area contributed by atoms with E-state index >= 15 is 0 Å². The number of esters is 1. The number of quaternary nitrogens is 1. The first-order chi connectivity index (χ1) is 16.7. The van der Waals surface area contributed by atoms with E-state index in [-0.39, 0.29) is 53.4 Å². The highest BCUT2D eigenvalue weighted by molar-refractivity contribution is 6.31. The minimum Gasteiger partial charge on any atom is -1.00 e. The largest absolute Gasteiger partial charge is 1.00 e. The SMILES string of the molecule is CCOC(=O)C[N+]1(CCCc2ccc(OC)cc2)CCCC(NC(=O)c2nc(Cl)c(N)nc2N)C1.[Cl-]. The van der Waals surface area contributed by atoms with Crippen LogP contribution < -0.4 is 33.9 Å². The average molecular weight is 541 g/mol. The standard InChI is InChI=1S/C24H33ClN6O4.ClH/c1-3-35-19(32)15-31(12-4-6-16-8-10-18(34-2)11-9-16)13-5-7-17(14-31)28-24(33)20-22(26)30-23(27)21(25)29-20;/h8-11,17H,3-7,12-15H2,1-2H3,(H4-,26,27,28,30,33);1H. The first kappa shape index (κ1) is 29.4. The summed E-state index contributed by atoms with van der Waals surface area (Å²) in [6.45, 7) is 4.62. The number of likely N-dealkylation sites (tertiary alicyclic amines) is 1. The topological polar surface area (TPSA) is 142 Å². The molecule has 36 heavy (non-hydrogen) atoms. The maximum absolute atomic E-state index is 12.9. The Labute approximate surface area is 222 Å². The Kier molecular flexibility index (Phi) is 11.0. The molecule has 198 valence electrons. The van der Waals surface area contributed by atoms with Crippen molar-refractivity contribution in [1.82, 2.24) is 15.3 Å². The van der Waals surface area contributed by atoms with Crippen LogP contribution in [0.25, 0.3) is 0 Å². The van der Waals surface area contributed by atoms with Crippen LogP contribution in [-0.4, -0.2) is 72.3 Å². The number of hydrogen-bond donors (Lipinski definition) is 3. The summed E-state index contributed by atoms with van der Waals surface area (Å²) < 4.78 is 11.0. The molecule has 0 radical (unpaired) electrons. The van der Waals surface area contributed by atoms with Crippen molar-refractivity contribution in [3.63, 3.8) is 0 Å². The van der Waals surface area contributed by atoms with Gasteiger partial charge in [0.15, 0.2) is 29.0 Å². The van der Waals surface area contributed by atoms with Gasteiger partial charge in [-0.3, -0.25) is 4.79 Å². The molecule has 2 aromatic rings. The molecule has 10 nitrogen and oxygen atoms in total. The van der Waals surface area contributed by atoms with Crippen LogP contribution in [0.15, 0.2) is 24.3 Å². The Morgan fingerprint density at radius 1 is 1.19 bits per heavy atom. The Hall–Kier alpha value is -2.82. The predicted octanol–water partition coefficient (Wildman–Crippen LogP) is -0.788. The third-order valence-corrected chi connectivity index (χ3v) is 6.55. The molecule has 1 aromatic heterocycles. The molecule has 1 saturated heterocycles. The van der Waals surface area contributed by atoms with Gasteiger partial charge in [0.05, 0.1) is 39.4 Å². The average Bonchev–Trinajstić information content (AvgIpc) is 2.82. The number of rotatable bonds is 10. The number of nitrogen functional groups attached to an aromatic ring is 2. The van der Waals surface area contributed by atoms with Crippen LogP contribution in [0.3, 0.4) is 0 Å². The van der Waals surface area contributed by atoms with E-state index in [2.05, 4.69) is 27.4 Å². The number of nitrogens with two attached hydrogens (primary N) is 2. The molecule has 2 atom stereocenters. The van der Waals surface area contributed by atoms with Gasteiger partial charge in [-0.25, -0.2) is 14.8 Å². The van der Waals surface area contributed by atoms with Crippen molar-refractivity contribution in [2.45, 2.75) is 38.6 Å². The van der Waals surface area contributed by atoms with Crippen molar-refractivity contribution in [3.05, 3.63) is 40.7 Å². The fourth-order valence-electron chi connectivity index (χ4n) is 4.62. The highest BCUT2D eigenvalue weighted by atomic mass is 35.5. The molecule has 3 rings (SSSR count). The summed E-state index contributed by atoms with van der Waals surface area (Å²) in [5.74, 6) is 0.0230. The number of amides is 1. The number of halogens is 2. The maximum atomic E-state index is 12.9. The van der Waals surface area contributed by atoms with Gasteiger partial charge in [0.1, 0.15) is 5.75 Å². The number of aromatic nitrogens is 2. The molecule has 0 bridgehead atoms. The molecular formula is C24H34Cl2N6O4. The van der Waals surface area contributed by atoms with E-state index in [9.17, 15) is 9.59 Å². The third-order valence-electron chi connectivity index (χ3n) is 6.27. The quantitative estimate of drug-likeness (QED) is 0.263. The summed E-state index contributed by atoms with van der Waals surface area (Å²) in [4.78, 5) is 33.2. The summed E-state index contributed by atoms with van der Waals surface area (Å²) >= 11 is 5.93. The van der Waals surface area contributed by atoms with Crippen molar-refractivity contribution >= 4 is 35.1 Å². The lowest BCUT2D eigenvalue weighted by Crippen LogP contribution is -3.00. The minimum absolute atomic E-state index is 0. The number of anilines is 2. The zero-order valence-electron chi connectivity index (χ0n) is 20.6. The van der Waals surface area contributed by atoms with Crippen molar-refractivity contribution in [1.29, 1.82) is 0 Å². The van der Waals surface area contributed by atoms with E-state index in [1.165, 1.54) is 5.56 Å². The number of nitrogens with zero attached hydrogens (tertiary/aromatic N) is 3. The van der Waals surface area contributed by atoms with Gasteiger partial charge in [-0.15, -0.1) is 0 Å². The second-order valence-electron chi connectivity index (χ2n) is 8.83. The van der Waals surface area contributed by atoms with Crippen molar-refractivity contribution in [2.24, 2.45) is 0 Å². The van der Waals surface area contributed by atoms with E-state index in [0.717, 1.165) is 44.5 Å². The molecule has 1 amide bonds. The molecule has 2 unspecified atom stereocenters. The van der Waals surface area contributed by atoms with E-state index in [4.69, 9.17) is 32.5 Å². The monoisotopic (exact) mass is 540 g/mol. The molecule has 0 aliphatic carbocycles. The van der Waals surface area contributed by atoms with Gasteiger partial charge in [0, 0.05) is 6.42 Å². The van der Waals surface area contributed by atoms with Gasteiger partial charge >= 0.3 is 5.97 Å². The number of piperidine rings is 1. The van der Waals surface area contributed by atoms with Crippen LogP contribution in [0.2, 0.25) is 5.15 Å². The Bertz CT molecular complexity index is 1040. The van der Waals surface area contributed by atoms with Crippen LogP contribution in [0.1, 0.15) is 42.2 Å². The Morgan fingerprint density at radius 2 is 1.92 bits per heavy atom. The summed E-state index contributed by atoms with van der Waals surface area (Å²) in [6.07, 6.45) is 3.40. The normalized spacial score (nSPS) is 19.1. The van der Waals surface area contributed by atoms with Gasteiger partial charge in [0.2, 0.25) is 0 Å². The number of nitrogens with one attached hydrogen (secondary N) is 1. The smallest absolute Gasteiger partial charge is 0.361 e. The molecule has 1 fully saturated rings. The molecule has 0 saturated carbocycles. The first-order valence-electron chi connectivity index (χ1n) is 11.8. The summed E-state index contributed by atoms with van der Waals surface area (Å²) in [5.41, 5.74) is 12.6. The second-order valence-corrected chi connectivity index (χ2v) is 9.19. The second kappa shape index (κ2) is 13.5. The fourth-order valence-corrected chi connectivity index (χ4v) is 4.75. The zero-order chi connectivity index (χ0) is 25.4. The minimum atomic E-state index is -0.462. The molecular weight excluding hydrogens is 507 g/mol. The van der Waals surface area contributed by atoms with Gasteiger partial charge in [-0.05, 0) is 43.9 Å². The number of carbonyl (C=O) groups is 2. The van der Waals surface area contributed by atoms with E-state index in [1.807, 2.05) is 12.1 Å². The van der Waals surface area contributed by atoms with E-state index in [1.54, 1.807) is 14.0 Å².